The molecule has 1 aromatic rings. The molecule has 0 saturated heterocycles. The van der Waals surface area contributed by atoms with E-state index in [-0.39, 0.29) is 22.8 Å². The van der Waals surface area contributed by atoms with Gasteiger partial charge in [0.2, 0.25) is 11.1 Å². The van der Waals surface area contributed by atoms with Crippen molar-refractivity contribution in [3.63, 3.8) is 0 Å². The zero-order chi connectivity index (χ0) is 14.4. The molecule has 0 aliphatic heterocycles. The monoisotopic (exact) mass is 288 g/mol. The average Bonchev–Trinajstić information content (AvgIpc) is 2.38. The molecule has 1 atom stereocenters. The van der Waals surface area contributed by atoms with Crippen molar-refractivity contribution in [1.29, 1.82) is 0 Å². The Labute approximate surface area is 116 Å². The summed E-state index contributed by atoms with van der Waals surface area (Å²) in [5.74, 6) is 0.233. The first-order valence-electron chi connectivity index (χ1n) is 5.93. The molecule has 0 bridgehead atoms. The van der Waals surface area contributed by atoms with Crippen molar-refractivity contribution in [3.05, 3.63) is 21.6 Å². The molecule has 7 nitrogen and oxygen atoms in total. The van der Waals surface area contributed by atoms with Crippen molar-refractivity contribution in [2.75, 3.05) is 25.2 Å². The Morgan fingerprint density at radius 2 is 2.32 bits per heavy atom. The smallest absolute Gasteiger partial charge is 0.329 e. The van der Waals surface area contributed by atoms with Crippen LogP contribution in [0, 0.1) is 10.1 Å². The molecule has 1 heterocycles. The number of hydrogen-bond acceptors (Lipinski definition) is 6. The van der Waals surface area contributed by atoms with Crippen molar-refractivity contribution in [2.45, 2.75) is 26.3 Å². The van der Waals surface area contributed by atoms with Crippen LogP contribution in [0.25, 0.3) is 0 Å². The second kappa shape index (κ2) is 7.20. The molecule has 0 spiro atoms. The molecule has 0 fully saturated rings. The summed E-state index contributed by atoms with van der Waals surface area (Å²) in [7, 11) is 1.58. The van der Waals surface area contributed by atoms with Gasteiger partial charge in [-0.05, 0) is 24.9 Å². The van der Waals surface area contributed by atoms with E-state index in [0.717, 1.165) is 12.6 Å². The normalized spacial score (nSPS) is 12.2. The lowest BCUT2D eigenvalue weighted by Crippen LogP contribution is -2.36. The van der Waals surface area contributed by atoms with E-state index in [1.807, 2.05) is 18.7 Å². The van der Waals surface area contributed by atoms with Crippen LogP contribution in [0.4, 0.5) is 11.5 Å². The Morgan fingerprint density at radius 3 is 2.84 bits per heavy atom. The topological polar surface area (TPSA) is 81.4 Å². The molecular weight excluding hydrogens is 272 g/mol. The Hall–Kier alpha value is -1.47. The second-order valence-electron chi connectivity index (χ2n) is 4.05. The van der Waals surface area contributed by atoms with E-state index in [1.54, 1.807) is 7.11 Å². The van der Waals surface area contributed by atoms with Gasteiger partial charge in [-0.2, -0.15) is 4.98 Å². The fourth-order valence-corrected chi connectivity index (χ4v) is 1.76. The standard InChI is InChI=1S/C11H17ClN4O3/c1-4-8(2)15(5-6-19-3)10-9(16(17)18)7-13-11(12)14-10/h7-8H,4-6H2,1-3H3. The van der Waals surface area contributed by atoms with Gasteiger partial charge in [0.05, 0.1) is 11.5 Å². The van der Waals surface area contributed by atoms with Gasteiger partial charge in [-0.1, -0.05) is 6.92 Å². The van der Waals surface area contributed by atoms with Crippen LogP contribution in [-0.2, 0) is 4.74 Å². The predicted octanol–water partition coefficient (Wildman–Crippen LogP) is 2.29. The molecule has 0 saturated carbocycles. The second-order valence-corrected chi connectivity index (χ2v) is 4.39. The van der Waals surface area contributed by atoms with Crippen LogP contribution < -0.4 is 4.90 Å². The number of anilines is 1. The highest BCUT2D eigenvalue weighted by Gasteiger charge is 2.25. The quantitative estimate of drug-likeness (QED) is 0.435. The summed E-state index contributed by atoms with van der Waals surface area (Å²) in [6, 6.07) is 0.0832. The molecule has 0 aromatic carbocycles. The van der Waals surface area contributed by atoms with Gasteiger partial charge in [-0.15, -0.1) is 0 Å². The lowest BCUT2D eigenvalue weighted by Gasteiger charge is -2.28. The van der Waals surface area contributed by atoms with Crippen LogP contribution >= 0.6 is 11.6 Å². The summed E-state index contributed by atoms with van der Waals surface area (Å²) in [6.07, 6.45) is 1.95. The number of rotatable bonds is 7. The number of aromatic nitrogens is 2. The molecule has 1 unspecified atom stereocenters. The first-order chi connectivity index (χ1) is 9.01. The Balaban J connectivity index is 3.19. The van der Waals surface area contributed by atoms with Gasteiger partial charge in [0.25, 0.3) is 0 Å². The van der Waals surface area contributed by atoms with Crippen LogP contribution in [0.3, 0.4) is 0 Å². The number of nitro groups is 1. The maximum atomic E-state index is 11.0. The number of methoxy groups -OCH3 is 1. The number of nitrogens with zero attached hydrogens (tertiary/aromatic N) is 4. The number of hydrogen-bond donors (Lipinski definition) is 0. The third kappa shape index (κ3) is 4.00. The summed E-state index contributed by atoms with van der Waals surface area (Å²) in [5, 5.41) is 11.0. The van der Waals surface area contributed by atoms with Crippen molar-refractivity contribution in [2.24, 2.45) is 0 Å². The summed E-state index contributed by atoms with van der Waals surface area (Å²) in [4.78, 5) is 20.0. The van der Waals surface area contributed by atoms with Gasteiger partial charge in [0.15, 0.2) is 0 Å². The summed E-state index contributed by atoms with van der Waals surface area (Å²) in [6.45, 7) is 4.91. The fraction of sp³-hybridized carbons (Fsp3) is 0.636. The van der Waals surface area contributed by atoms with E-state index in [9.17, 15) is 10.1 Å². The van der Waals surface area contributed by atoms with Crippen LogP contribution in [0.1, 0.15) is 20.3 Å². The summed E-state index contributed by atoms with van der Waals surface area (Å²) < 4.78 is 5.03. The zero-order valence-corrected chi connectivity index (χ0v) is 11.9. The van der Waals surface area contributed by atoms with E-state index in [0.29, 0.717) is 13.2 Å². The van der Waals surface area contributed by atoms with E-state index in [2.05, 4.69) is 9.97 Å². The van der Waals surface area contributed by atoms with Gasteiger partial charge >= 0.3 is 5.69 Å². The Morgan fingerprint density at radius 1 is 1.63 bits per heavy atom. The van der Waals surface area contributed by atoms with Gasteiger partial charge in [0.1, 0.15) is 6.20 Å². The van der Waals surface area contributed by atoms with Crippen LogP contribution in [-0.4, -0.2) is 41.2 Å². The van der Waals surface area contributed by atoms with Crippen molar-refractivity contribution < 1.29 is 9.66 Å². The molecule has 0 amide bonds. The lowest BCUT2D eigenvalue weighted by molar-refractivity contribution is -0.384. The molecule has 1 rings (SSSR count). The average molecular weight is 289 g/mol. The van der Waals surface area contributed by atoms with E-state index in [4.69, 9.17) is 16.3 Å². The molecule has 1 aromatic heterocycles. The minimum absolute atomic E-state index is 0.00804. The molecule has 0 radical (unpaired) electrons. The largest absolute Gasteiger partial charge is 0.383 e. The van der Waals surface area contributed by atoms with Gasteiger partial charge in [-0.25, -0.2) is 4.98 Å². The molecule has 0 aliphatic carbocycles. The van der Waals surface area contributed by atoms with Crippen LogP contribution in [0.5, 0.6) is 0 Å². The molecule has 106 valence electrons. The van der Waals surface area contributed by atoms with Gasteiger partial charge in [0, 0.05) is 19.7 Å². The Kier molecular flexibility index (Phi) is 5.91. The maximum Gasteiger partial charge on any atom is 0.329 e. The van der Waals surface area contributed by atoms with Gasteiger partial charge < -0.3 is 9.64 Å². The minimum Gasteiger partial charge on any atom is -0.383 e. The fourth-order valence-electron chi connectivity index (χ4n) is 1.63. The van der Waals surface area contributed by atoms with E-state index in [1.165, 1.54) is 0 Å². The predicted molar refractivity (Wildman–Crippen MR) is 72.7 cm³/mol. The summed E-state index contributed by atoms with van der Waals surface area (Å²) in [5.41, 5.74) is -0.152. The van der Waals surface area contributed by atoms with Crippen LogP contribution in [0.15, 0.2) is 6.20 Å². The first-order valence-corrected chi connectivity index (χ1v) is 6.31. The highest BCUT2D eigenvalue weighted by atomic mass is 35.5. The van der Waals surface area contributed by atoms with Gasteiger partial charge in [-0.3, -0.25) is 10.1 Å². The molecule has 19 heavy (non-hydrogen) atoms. The zero-order valence-electron chi connectivity index (χ0n) is 11.2. The number of halogens is 1. The third-order valence-corrected chi connectivity index (χ3v) is 3.03. The maximum absolute atomic E-state index is 11.0. The van der Waals surface area contributed by atoms with E-state index < -0.39 is 4.92 Å². The van der Waals surface area contributed by atoms with Crippen molar-refractivity contribution in [3.8, 4) is 0 Å². The minimum atomic E-state index is -0.506. The third-order valence-electron chi connectivity index (χ3n) is 2.85. The highest BCUT2D eigenvalue weighted by molar-refractivity contribution is 6.28. The first kappa shape index (κ1) is 15.6. The SMILES string of the molecule is CCC(C)N(CCOC)c1nc(Cl)ncc1[N+](=O)[O-]. The molecule has 0 aliphatic rings. The summed E-state index contributed by atoms with van der Waals surface area (Å²) >= 11 is 5.74. The van der Waals surface area contributed by atoms with Crippen LogP contribution in [0.2, 0.25) is 5.28 Å². The lowest BCUT2D eigenvalue weighted by atomic mass is 10.2. The van der Waals surface area contributed by atoms with Crippen molar-refractivity contribution >= 4 is 23.1 Å². The Bertz CT molecular complexity index is 444. The van der Waals surface area contributed by atoms with E-state index >= 15 is 0 Å². The molecular formula is C11H17ClN4O3. The highest BCUT2D eigenvalue weighted by Crippen LogP contribution is 2.28. The van der Waals surface area contributed by atoms with Crippen molar-refractivity contribution in [1.82, 2.24) is 9.97 Å². The number of ether oxygens (including phenoxy) is 1. The molecule has 0 N–H and O–H groups in total. The molecule has 8 heteroatoms.